The molecule has 2 amide bonds. The Balaban J connectivity index is 1.25. The van der Waals surface area contributed by atoms with Crippen LogP contribution in [0.5, 0.6) is 0 Å². The highest BCUT2D eigenvalue weighted by molar-refractivity contribution is 5.89. The Hall–Kier alpha value is -2.34. The lowest BCUT2D eigenvalue weighted by atomic mass is 9.95. The molecule has 1 saturated heterocycles. The first-order chi connectivity index (χ1) is 13.7. The van der Waals surface area contributed by atoms with Gasteiger partial charge in [-0.3, -0.25) is 4.90 Å². The van der Waals surface area contributed by atoms with Gasteiger partial charge in [-0.05, 0) is 63.6 Å². The average Bonchev–Trinajstić information content (AvgIpc) is 3.11. The SMILES string of the molecule is Cc1ccc(NC(=O)NCC2CCCN(Cc3noc4c3CCCC4)C2)cc1. The third kappa shape index (κ3) is 4.73. The highest BCUT2D eigenvalue weighted by Gasteiger charge is 2.25. The average molecular weight is 383 g/mol. The fourth-order valence-electron chi connectivity index (χ4n) is 4.30. The molecular weight excluding hydrogens is 352 g/mol. The van der Waals surface area contributed by atoms with E-state index in [1.54, 1.807) is 0 Å². The summed E-state index contributed by atoms with van der Waals surface area (Å²) >= 11 is 0. The Morgan fingerprint density at radius 2 is 2.04 bits per heavy atom. The van der Waals surface area contributed by atoms with Crippen LogP contribution < -0.4 is 10.6 Å². The van der Waals surface area contributed by atoms with Crippen LogP contribution in [0.25, 0.3) is 0 Å². The summed E-state index contributed by atoms with van der Waals surface area (Å²) in [7, 11) is 0. The standard InChI is InChI=1S/C22H30N4O2/c1-16-8-10-18(11-9-16)24-22(27)23-13-17-5-4-12-26(14-17)15-20-19-6-2-3-7-21(19)28-25-20/h8-11,17H,2-7,12-15H2,1H3,(H2,23,24,27). The van der Waals surface area contributed by atoms with Gasteiger partial charge in [-0.25, -0.2) is 4.79 Å². The van der Waals surface area contributed by atoms with Crippen LogP contribution in [0.4, 0.5) is 10.5 Å². The van der Waals surface area contributed by atoms with Gasteiger partial charge < -0.3 is 15.2 Å². The van der Waals surface area contributed by atoms with Crippen LogP contribution in [0.1, 0.15) is 48.3 Å². The third-order valence-corrected chi connectivity index (χ3v) is 5.87. The van der Waals surface area contributed by atoms with Crippen molar-refractivity contribution in [2.24, 2.45) is 5.92 Å². The zero-order chi connectivity index (χ0) is 19.3. The van der Waals surface area contributed by atoms with Crippen molar-refractivity contribution in [1.29, 1.82) is 0 Å². The molecule has 28 heavy (non-hydrogen) atoms. The van der Waals surface area contributed by atoms with Gasteiger partial charge in [0.05, 0.1) is 0 Å². The molecule has 1 aromatic carbocycles. The lowest BCUT2D eigenvalue weighted by Gasteiger charge is -2.32. The summed E-state index contributed by atoms with van der Waals surface area (Å²) in [4.78, 5) is 14.6. The number of nitrogens with zero attached hydrogens (tertiary/aromatic N) is 2. The van der Waals surface area contributed by atoms with Crippen molar-refractivity contribution >= 4 is 11.7 Å². The van der Waals surface area contributed by atoms with Crippen molar-refractivity contribution in [2.45, 2.75) is 52.0 Å². The minimum absolute atomic E-state index is 0.133. The van der Waals surface area contributed by atoms with E-state index in [9.17, 15) is 4.79 Å². The van der Waals surface area contributed by atoms with Gasteiger partial charge in [-0.15, -0.1) is 0 Å². The van der Waals surface area contributed by atoms with E-state index in [0.717, 1.165) is 62.5 Å². The molecule has 2 heterocycles. The minimum atomic E-state index is -0.133. The predicted octanol–water partition coefficient (Wildman–Crippen LogP) is 3.90. The monoisotopic (exact) mass is 382 g/mol. The second kappa shape index (κ2) is 8.78. The second-order valence-electron chi connectivity index (χ2n) is 8.18. The van der Waals surface area contributed by atoms with Gasteiger partial charge in [-0.2, -0.15) is 0 Å². The fraction of sp³-hybridized carbons (Fsp3) is 0.545. The van der Waals surface area contributed by atoms with E-state index in [4.69, 9.17) is 4.52 Å². The molecule has 2 aromatic rings. The number of anilines is 1. The summed E-state index contributed by atoms with van der Waals surface area (Å²) < 4.78 is 5.56. The van der Waals surface area contributed by atoms with Crippen LogP contribution in [0.2, 0.25) is 0 Å². The van der Waals surface area contributed by atoms with Gasteiger partial charge in [0.25, 0.3) is 0 Å². The molecule has 0 spiro atoms. The number of carbonyl (C=O) groups is 1. The lowest BCUT2D eigenvalue weighted by molar-refractivity contribution is 0.162. The van der Waals surface area contributed by atoms with Gasteiger partial charge in [0, 0.05) is 37.3 Å². The molecule has 150 valence electrons. The molecular formula is C22H30N4O2. The van der Waals surface area contributed by atoms with E-state index in [1.807, 2.05) is 31.2 Å². The number of piperidine rings is 1. The number of carbonyl (C=O) groups excluding carboxylic acids is 1. The maximum atomic E-state index is 12.2. The number of fused-ring (bicyclic) bond motifs is 1. The molecule has 0 saturated carbocycles. The number of hydrogen-bond acceptors (Lipinski definition) is 4. The summed E-state index contributed by atoms with van der Waals surface area (Å²) in [6.45, 7) is 5.68. The maximum absolute atomic E-state index is 12.2. The molecule has 2 aliphatic rings. The first-order valence-corrected chi connectivity index (χ1v) is 10.5. The fourth-order valence-corrected chi connectivity index (χ4v) is 4.30. The molecule has 1 atom stereocenters. The number of hydrogen-bond donors (Lipinski definition) is 2. The van der Waals surface area contributed by atoms with E-state index in [1.165, 1.54) is 24.0 Å². The first-order valence-electron chi connectivity index (χ1n) is 10.5. The molecule has 4 rings (SSSR count). The first kappa shape index (κ1) is 19.0. The minimum Gasteiger partial charge on any atom is -0.361 e. The van der Waals surface area contributed by atoms with Crippen molar-refractivity contribution < 1.29 is 9.32 Å². The number of urea groups is 1. The quantitative estimate of drug-likeness (QED) is 0.823. The number of aryl methyl sites for hydroxylation is 2. The van der Waals surface area contributed by atoms with E-state index in [0.29, 0.717) is 12.5 Å². The lowest BCUT2D eigenvalue weighted by Crippen LogP contribution is -2.41. The Labute approximate surface area is 166 Å². The molecule has 2 N–H and O–H groups in total. The highest BCUT2D eigenvalue weighted by Crippen LogP contribution is 2.26. The van der Waals surface area contributed by atoms with Crippen molar-refractivity contribution in [3.8, 4) is 0 Å². The highest BCUT2D eigenvalue weighted by atomic mass is 16.5. The Bertz CT molecular complexity index is 799. The van der Waals surface area contributed by atoms with Gasteiger partial charge in [0.1, 0.15) is 11.5 Å². The number of rotatable bonds is 5. The van der Waals surface area contributed by atoms with Crippen LogP contribution in [0.3, 0.4) is 0 Å². The van der Waals surface area contributed by atoms with Gasteiger partial charge in [0.2, 0.25) is 0 Å². The second-order valence-corrected chi connectivity index (χ2v) is 8.18. The zero-order valence-electron chi connectivity index (χ0n) is 16.7. The molecule has 6 heteroatoms. The zero-order valence-corrected chi connectivity index (χ0v) is 16.7. The topological polar surface area (TPSA) is 70.4 Å². The van der Waals surface area contributed by atoms with Crippen LogP contribution in [-0.2, 0) is 19.4 Å². The van der Waals surface area contributed by atoms with E-state index in [2.05, 4.69) is 20.7 Å². The number of nitrogens with one attached hydrogen (secondary N) is 2. The smallest absolute Gasteiger partial charge is 0.319 e. The third-order valence-electron chi connectivity index (χ3n) is 5.87. The van der Waals surface area contributed by atoms with Gasteiger partial charge >= 0.3 is 6.03 Å². The van der Waals surface area contributed by atoms with Gasteiger partial charge in [-0.1, -0.05) is 22.9 Å². The summed E-state index contributed by atoms with van der Waals surface area (Å²) in [6.07, 6.45) is 6.90. The predicted molar refractivity (Wildman–Crippen MR) is 109 cm³/mol. The molecule has 1 aromatic heterocycles. The molecule has 1 unspecified atom stereocenters. The van der Waals surface area contributed by atoms with E-state index in [-0.39, 0.29) is 6.03 Å². The van der Waals surface area contributed by atoms with E-state index >= 15 is 0 Å². The van der Waals surface area contributed by atoms with Crippen LogP contribution >= 0.6 is 0 Å². The summed E-state index contributed by atoms with van der Waals surface area (Å²) in [6, 6.07) is 7.71. The molecule has 1 aliphatic carbocycles. The molecule has 0 radical (unpaired) electrons. The Kier molecular flexibility index (Phi) is 5.95. The van der Waals surface area contributed by atoms with Crippen molar-refractivity contribution in [3.05, 3.63) is 46.8 Å². The maximum Gasteiger partial charge on any atom is 0.319 e. The number of benzene rings is 1. The number of likely N-dealkylation sites (tertiary alicyclic amines) is 1. The summed E-state index contributed by atoms with van der Waals surface area (Å²) in [5.41, 5.74) is 4.48. The Morgan fingerprint density at radius 1 is 1.21 bits per heavy atom. The van der Waals surface area contributed by atoms with Crippen LogP contribution in [-0.4, -0.2) is 35.7 Å². The normalized spacial score (nSPS) is 19.8. The molecule has 1 aliphatic heterocycles. The largest absolute Gasteiger partial charge is 0.361 e. The van der Waals surface area contributed by atoms with Crippen LogP contribution in [0, 0.1) is 12.8 Å². The van der Waals surface area contributed by atoms with Gasteiger partial charge in [0.15, 0.2) is 0 Å². The van der Waals surface area contributed by atoms with Crippen molar-refractivity contribution in [1.82, 2.24) is 15.4 Å². The van der Waals surface area contributed by atoms with E-state index < -0.39 is 0 Å². The summed E-state index contributed by atoms with van der Waals surface area (Å²) in [5.74, 6) is 1.57. The number of amides is 2. The van der Waals surface area contributed by atoms with Crippen molar-refractivity contribution in [3.63, 3.8) is 0 Å². The molecule has 0 bridgehead atoms. The molecule has 1 fully saturated rings. The Morgan fingerprint density at radius 3 is 2.89 bits per heavy atom. The number of aromatic nitrogens is 1. The van der Waals surface area contributed by atoms with Crippen molar-refractivity contribution in [2.75, 3.05) is 25.0 Å². The van der Waals surface area contributed by atoms with Crippen LogP contribution in [0.15, 0.2) is 28.8 Å². The summed E-state index contributed by atoms with van der Waals surface area (Å²) in [5, 5.41) is 10.3. The molecule has 6 nitrogen and oxygen atoms in total.